The number of H-pyrrole nitrogens is 2. The van der Waals surface area contributed by atoms with E-state index < -0.39 is 12.1 Å². The quantitative estimate of drug-likeness (QED) is 0.194. The van der Waals surface area contributed by atoms with Gasteiger partial charge in [0.15, 0.2) is 0 Å². The Kier molecular flexibility index (Phi) is 11.0. The van der Waals surface area contributed by atoms with Crippen molar-refractivity contribution in [2.24, 2.45) is 11.8 Å². The lowest BCUT2D eigenvalue weighted by Crippen LogP contribution is -2.47. The van der Waals surface area contributed by atoms with Crippen molar-refractivity contribution in [3.8, 4) is 33.6 Å². The van der Waals surface area contributed by atoms with Crippen LogP contribution in [0, 0.1) is 11.8 Å². The lowest BCUT2D eigenvalue weighted by atomic mass is 9.96. The van der Waals surface area contributed by atoms with Crippen molar-refractivity contribution in [1.29, 1.82) is 0 Å². The Hall–Kier alpha value is -5.23. The van der Waals surface area contributed by atoms with Gasteiger partial charge in [-0.2, -0.15) is 0 Å². The highest BCUT2D eigenvalue weighted by atomic mass is 16.5. The minimum absolute atomic E-state index is 0.0164. The van der Waals surface area contributed by atoms with E-state index in [2.05, 4.69) is 65.5 Å². The molecule has 268 valence electrons. The maximum absolute atomic E-state index is 13.2. The van der Waals surface area contributed by atoms with E-state index in [-0.39, 0.29) is 30.3 Å². The molecule has 2 aliphatic rings. The van der Waals surface area contributed by atoms with Gasteiger partial charge in [0.25, 0.3) is 0 Å². The van der Waals surface area contributed by atoms with Gasteiger partial charge >= 0.3 is 6.09 Å². The van der Waals surface area contributed by atoms with Gasteiger partial charge in [0, 0.05) is 36.8 Å². The first-order chi connectivity index (χ1) is 24.6. The Balaban J connectivity index is 1.15. The monoisotopic (exact) mass is 693 g/mol. The average molecular weight is 694 g/mol. The first kappa shape index (κ1) is 35.6. The van der Waals surface area contributed by atoms with E-state index in [1.807, 2.05) is 42.3 Å². The van der Waals surface area contributed by atoms with Crippen LogP contribution in [-0.2, 0) is 32.2 Å². The number of imidazole rings is 2. The SMILES string of the molecule is COC(=O)N[C@H]1C/C=C/COCc2[nH]c(nc2-c2ccc(-c3ccc(-c4c[nH]c([C@@H]5CCCN5C(=O)[C@@H](C)C(C)C)n4)cc3)cc2)CN(C)C1=O. The zero-order valence-corrected chi connectivity index (χ0v) is 29.9. The number of hydrogen-bond donors (Lipinski definition) is 3. The molecule has 3 N–H and O–H groups in total. The molecule has 1 saturated heterocycles. The summed E-state index contributed by atoms with van der Waals surface area (Å²) in [5, 5.41) is 2.61. The maximum Gasteiger partial charge on any atom is 0.407 e. The Morgan fingerprint density at radius 1 is 0.980 bits per heavy atom. The minimum atomic E-state index is -0.773. The third-order valence-electron chi connectivity index (χ3n) is 9.88. The van der Waals surface area contributed by atoms with Gasteiger partial charge in [-0.15, -0.1) is 0 Å². The number of hydrogen-bond acceptors (Lipinski definition) is 7. The number of fused-ring (bicyclic) bond motifs is 2. The standard InChI is InChI=1S/C39H47N7O5/c1-24(2)25(3)37(47)46-19-8-10-33(46)36-40-21-31(42-36)28-15-11-26(12-16-28)27-13-17-29(18-14-27)35-32-23-51-20-7-6-9-30(43-39(49)50-5)38(48)45(4)22-34(41-32)44-35/h6-7,11-18,21,24-25,30,33H,8-10,19-20,22-23H2,1-5H3,(H,40,42)(H,41,44)(H,43,49)/b7-6+/t25-,30-,33-/m0/s1. The third kappa shape index (κ3) is 8.06. The fourth-order valence-electron chi connectivity index (χ4n) is 6.57. The highest BCUT2D eigenvalue weighted by Crippen LogP contribution is 2.34. The van der Waals surface area contributed by atoms with Crippen LogP contribution in [0.3, 0.4) is 0 Å². The van der Waals surface area contributed by atoms with E-state index in [4.69, 9.17) is 19.4 Å². The largest absolute Gasteiger partial charge is 0.453 e. The van der Waals surface area contributed by atoms with E-state index in [1.54, 1.807) is 7.05 Å². The summed E-state index contributed by atoms with van der Waals surface area (Å²) in [4.78, 5) is 58.2. The van der Waals surface area contributed by atoms with Crippen LogP contribution in [0.4, 0.5) is 4.79 Å². The van der Waals surface area contributed by atoms with Crippen molar-refractivity contribution in [2.45, 2.75) is 65.3 Å². The molecule has 4 heterocycles. The van der Waals surface area contributed by atoms with Crippen molar-refractivity contribution in [3.63, 3.8) is 0 Å². The van der Waals surface area contributed by atoms with Crippen LogP contribution in [0.25, 0.3) is 33.6 Å². The number of methoxy groups -OCH3 is 1. The molecule has 2 aromatic heterocycles. The third-order valence-corrected chi connectivity index (χ3v) is 9.88. The Bertz CT molecular complexity index is 1860. The number of nitrogens with zero attached hydrogens (tertiary/aromatic N) is 4. The summed E-state index contributed by atoms with van der Waals surface area (Å²) in [6, 6.07) is 15.7. The highest BCUT2D eigenvalue weighted by Gasteiger charge is 2.35. The van der Waals surface area contributed by atoms with Crippen LogP contribution in [0.5, 0.6) is 0 Å². The molecule has 2 aliphatic heterocycles. The summed E-state index contributed by atoms with van der Waals surface area (Å²) in [5.74, 6) is 1.69. The van der Waals surface area contributed by atoms with Gasteiger partial charge in [0.2, 0.25) is 11.8 Å². The number of likely N-dealkylation sites (N-methyl/N-ethyl adjacent to an activating group) is 1. The van der Waals surface area contributed by atoms with E-state index in [0.717, 1.165) is 64.5 Å². The molecule has 6 rings (SSSR count). The molecule has 2 aromatic carbocycles. The number of likely N-dealkylation sites (tertiary alicyclic amines) is 1. The first-order valence-electron chi connectivity index (χ1n) is 17.6. The number of amides is 3. The summed E-state index contributed by atoms with van der Waals surface area (Å²) >= 11 is 0. The molecule has 51 heavy (non-hydrogen) atoms. The van der Waals surface area contributed by atoms with Crippen molar-refractivity contribution in [3.05, 3.63) is 84.2 Å². The number of carbonyl (C=O) groups is 3. The van der Waals surface area contributed by atoms with Gasteiger partial charge in [-0.3, -0.25) is 9.59 Å². The molecule has 12 heteroatoms. The fraction of sp³-hybridized carbons (Fsp3) is 0.410. The molecule has 0 saturated carbocycles. The molecule has 0 unspecified atom stereocenters. The molecule has 4 aromatic rings. The highest BCUT2D eigenvalue weighted by molar-refractivity contribution is 5.85. The van der Waals surface area contributed by atoms with E-state index in [0.29, 0.717) is 31.4 Å². The second kappa shape index (κ2) is 15.8. The fourth-order valence-corrected chi connectivity index (χ4v) is 6.57. The Morgan fingerprint density at radius 3 is 2.35 bits per heavy atom. The number of carbonyl (C=O) groups excluding carboxylic acids is 3. The van der Waals surface area contributed by atoms with Crippen LogP contribution in [0.1, 0.15) is 63.4 Å². The van der Waals surface area contributed by atoms with Crippen LogP contribution in [0.15, 0.2) is 66.9 Å². The van der Waals surface area contributed by atoms with Gasteiger partial charge in [-0.1, -0.05) is 81.5 Å². The van der Waals surface area contributed by atoms with Gasteiger partial charge in [-0.25, -0.2) is 14.8 Å². The molecule has 0 spiro atoms. The van der Waals surface area contributed by atoms with E-state index in [9.17, 15) is 14.4 Å². The number of benzene rings is 2. The minimum Gasteiger partial charge on any atom is -0.453 e. The van der Waals surface area contributed by atoms with Crippen molar-refractivity contribution < 1.29 is 23.9 Å². The lowest BCUT2D eigenvalue weighted by molar-refractivity contribution is -0.137. The van der Waals surface area contributed by atoms with Crippen LogP contribution in [0.2, 0.25) is 0 Å². The molecule has 2 bridgehead atoms. The summed E-state index contributed by atoms with van der Waals surface area (Å²) < 4.78 is 10.6. The summed E-state index contributed by atoms with van der Waals surface area (Å²) in [7, 11) is 2.95. The number of ether oxygens (including phenoxy) is 2. The summed E-state index contributed by atoms with van der Waals surface area (Å²) in [6.45, 7) is 7.86. The number of rotatable bonds is 7. The summed E-state index contributed by atoms with van der Waals surface area (Å²) in [6.07, 6.45) is 7.13. The smallest absolute Gasteiger partial charge is 0.407 e. The molecule has 1 fully saturated rings. The van der Waals surface area contributed by atoms with Crippen molar-refractivity contribution >= 4 is 17.9 Å². The lowest BCUT2D eigenvalue weighted by Gasteiger charge is -2.27. The number of aromatic amines is 2. The Morgan fingerprint density at radius 2 is 1.67 bits per heavy atom. The molecule has 3 atom stereocenters. The molecule has 3 amide bonds. The number of alkyl carbamates (subject to hydrolysis) is 1. The second-order valence-corrected chi connectivity index (χ2v) is 13.7. The second-order valence-electron chi connectivity index (χ2n) is 13.7. The molecular weight excluding hydrogens is 646 g/mol. The molecular formula is C39H47N7O5. The zero-order chi connectivity index (χ0) is 36.1. The zero-order valence-electron chi connectivity index (χ0n) is 29.9. The predicted molar refractivity (Wildman–Crippen MR) is 194 cm³/mol. The van der Waals surface area contributed by atoms with Crippen LogP contribution >= 0.6 is 0 Å². The van der Waals surface area contributed by atoms with Gasteiger partial charge in [0.05, 0.1) is 50.0 Å². The number of aromatic nitrogens is 4. The predicted octanol–water partition coefficient (Wildman–Crippen LogP) is 6.25. The first-order valence-corrected chi connectivity index (χ1v) is 17.6. The molecule has 0 aliphatic carbocycles. The van der Waals surface area contributed by atoms with Gasteiger partial charge in [0.1, 0.15) is 17.7 Å². The van der Waals surface area contributed by atoms with Crippen LogP contribution < -0.4 is 5.32 Å². The van der Waals surface area contributed by atoms with E-state index >= 15 is 0 Å². The van der Waals surface area contributed by atoms with E-state index in [1.165, 1.54) is 12.0 Å². The maximum atomic E-state index is 13.2. The van der Waals surface area contributed by atoms with Crippen molar-refractivity contribution in [1.82, 2.24) is 35.1 Å². The van der Waals surface area contributed by atoms with Gasteiger partial charge < -0.3 is 34.6 Å². The normalized spacial score (nSPS) is 19.6. The molecule has 12 nitrogen and oxygen atoms in total. The topological polar surface area (TPSA) is 146 Å². The van der Waals surface area contributed by atoms with Crippen LogP contribution in [-0.4, -0.2) is 81.0 Å². The van der Waals surface area contributed by atoms with Crippen molar-refractivity contribution in [2.75, 3.05) is 27.3 Å². The summed E-state index contributed by atoms with van der Waals surface area (Å²) in [5.41, 5.74) is 6.48. The van der Waals surface area contributed by atoms with Gasteiger partial charge in [-0.05, 0) is 36.3 Å². The molecule has 0 radical (unpaired) electrons. The Labute approximate surface area is 298 Å². The average Bonchev–Trinajstić information content (AvgIpc) is 3.92. The number of nitrogens with one attached hydrogen (secondary N) is 3.